The molecule has 1 aliphatic carbocycles. The molecule has 1 aromatic carbocycles. The summed E-state index contributed by atoms with van der Waals surface area (Å²) in [6.07, 6.45) is 9.23. The summed E-state index contributed by atoms with van der Waals surface area (Å²) in [6.45, 7) is 10.4. The maximum Gasteiger partial charge on any atom is 0.256 e. The van der Waals surface area contributed by atoms with Crippen molar-refractivity contribution in [3.8, 4) is 0 Å². The normalized spacial score (nSPS) is 23.7. The van der Waals surface area contributed by atoms with Gasteiger partial charge in [0.15, 0.2) is 0 Å². The SMILES string of the molecule is Cc1ccc(CN(CC(C)C)C2CCN(C(=O)c3cccnc3)[C@@H](C(=O)NCC3CCC(CN)CC3)C2)cc1. The number of piperidine rings is 1. The molecule has 7 heteroatoms. The van der Waals surface area contributed by atoms with Crippen LogP contribution >= 0.6 is 0 Å². The van der Waals surface area contributed by atoms with E-state index in [-0.39, 0.29) is 17.9 Å². The summed E-state index contributed by atoms with van der Waals surface area (Å²) in [7, 11) is 0. The molecule has 7 nitrogen and oxygen atoms in total. The van der Waals surface area contributed by atoms with Crippen LogP contribution in [0.2, 0.25) is 0 Å². The standard InChI is InChI=1S/C32H47N5O2/c1-23(2)21-36(22-27-8-6-24(3)7-9-27)29-14-16-37(32(39)28-5-4-15-34-20-28)30(17-29)31(38)35-19-26-12-10-25(18-33)11-13-26/h4-9,15,20,23,25-26,29-30H,10-14,16-19,21-22,33H2,1-3H3,(H,35,38)/t25?,26?,29?,30-/m1/s1. The maximum absolute atomic E-state index is 13.7. The monoisotopic (exact) mass is 533 g/mol. The van der Waals surface area contributed by atoms with Crippen LogP contribution in [-0.4, -0.2) is 64.9 Å². The highest BCUT2D eigenvalue weighted by Crippen LogP contribution is 2.29. The summed E-state index contributed by atoms with van der Waals surface area (Å²) in [5, 5.41) is 3.25. The maximum atomic E-state index is 13.7. The molecule has 2 fully saturated rings. The number of carbonyl (C=O) groups excluding carboxylic acids is 2. The van der Waals surface area contributed by atoms with E-state index in [2.05, 4.69) is 60.2 Å². The number of nitrogens with zero attached hydrogens (tertiary/aromatic N) is 3. The molecule has 212 valence electrons. The number of nitrogens with two attached hydrogens (primary N) is 1. The van der Waals surface area contributed by atoms with Gasteiger partial charge in [-0.1, -0.05) is 43.7 Å². The van der Waals surface area contributed by atoms with Gasteiger partial charge in [-0.25, -0.2) is 0 Å². The molecular weight excluding hydrogens is 486 g/mol. The van der Waals surface area contributed by atoms with Crippen LogP contribution in [0, 0.1) is 24.7 Å². The molecule has 0 spiro atoms. The number of hydrogen-bond acceptors (Lipinski definition) is 5. The van der Waals surface area contributed by atoms with Gasteiger partial charge in [-0.2, -0.15) is 0 Å². The lowest BCUT2D eigenvalue weighted by atomic mass is 9.82. The van der Waals surface area contributed by atoms with Crippen LogP contribution < -0.4 is 11.1 Å². The summed E-state index contributed by atoms with van der Waals surface area (Å²) in [6, 6.07) is 12.0. The smallest absolute Gasteiger partial charge is 0.256 e. The van der Waals surface area contributed by atoms with E-state index < -0.39 is 6.04 Å². The molecular formula is C32H47N5O2. The van der Waals surface area contributed by atoms with Crippen LogP contribution in [0.4, 0.5) is 0 Å². The van der Waals surface area contributed by atoms with Crippen LogP contribution in [0.3, 0.4) is 0 Å². The van der Waals surface area contributed by atoms with Gasteiger partial charge in [0.2, 0.25) is 5.91 Å². The van der Waals surface area contributed by atoms with Gasteiger partial charge in [0.05, 0.1) is 5.56 Å². The average molecular weight is 534 g/mol. The van der Waals surface area contributed by atoms with Gasteiger partial charge >= 0.3 is 0 Å². The van der Waals surface area contributed by atoms with E-state index in [4.69, 9.17) is 5.73 Å². The fraction of sp³-hybridized carbons (Fsp3) is 0.594. The Kier molecular flexibility index (Phi) is 10.5. The molecule has 39 heavy (non-hydrogen) atoms. The van der Waals surface area contributed by atoms with Crippen molar-refractivity contribution in [3.05, 3.63) is 65.5 Å². The Labute approximate surface area is 234 Å². The molecule has 1 saturated heterocycles. The van der Waals surface area contributed by atoms with Crippen LogP contribution in [-0.2, 0) is 11.3 Å². The predicted molar refractivity (Wildman–Crippen MR) is 156 cm³/mol. The Balaban J connectivity index is 1.49. The van der Waals surface area contributed by atoms with Gasteiger partial charge in [0, 0.05) is 44.6 Å². The Morgan fingerprint density at radius 1 is 1.08 bits per heavy atom. The third-order valence-electron chi connectivity index (χ3n) is 8.53. The van der Waals surface area contributed by atoms with Crippen molar-refractivity contribution in [1.82, 2.24) is 20.1 Å². The molecule has 1 aliphatic heterocycles. The number of aryl methyl sites for hydroxylation is 1. The first-order valence-electron chi connectivity index (χ1n) is 14.8. The van der Waals surface area contributed by atoms with Crippen molar-refractivity contribution < 1.29 is 9.59 Å². The fourth-order valence-electron chi connectivity index (χ4n) is 6.20. The second kappa shape index (κ2) is 14.0. The van der Waals surface area contributed by atoms with Gasteiger partial charge in [-0.05, 0) is 87.4 Å². The Bertz CT molecular complexity index is 1050. The molecule has 1 saturated carbocycles. The Morgan fingerprint density at radius 3 is 2.44 bits per heavy atom. The van der Waals surface area contributed by atoms with Gasteiger partial charge < -0.3 is 16.0 Å². The summed E-state index contributed by atoms with van der Waals surface area (Å²) in [5.74, 6) is 1.46. The lowest BCUT2D eigenvalue weighted by molar-refractivity contribution is -0.128. The number of amides is 2. The zero-order chi connectivity index (χ0) is 27.8. The number of hydrogen-bond donors (Lipinski definition) is 2. The molecule has 2 aliphatic rings. The summed E-state index contributed by atoms with van der Waals surface area (Å²) < 4.78 is 0. The highest BCUT2D eigenvalue weighted by molar-refractivity contribution is 5.97. The topological polar surface area (TPSA) is 91.6 Å². The highest BCUT2D eigenvalue weighted by Gasteiger charge is 2.39. The first-order valence-corrected chi connectivity index (χ1v) is 14.8. The van der Waals surface area contributed by atoms with Crippen LogP contribution in [0.15, 0.2) is 48.8 Å². The Hall–Kier alpha value is -2.77. The summed E-state index contributed by atoms with van der Waals surface area (Å²) >= 11 is 0. The van der Waals surface area contributed by atoms with Crippen molar-refractivity contribution in [2.75, 3.05) is 26.2 Å². The highest BCUT2D eigenvalue weighted by atomic mass is 16.2. The summed E-state index contributed by atoms with van der Waals surface area (Å²) in [5.41, 5.74) is 8.94. The fourth-order valence-corrected chi connectivity index (χ4v) is 6.20. The number of rotatable bonds is 10. The second-order valence-corrected chi connectivity index (χ2v) is 12.1. The molecule has 3 N–H and O–H groups in total. The van der Waals surface area contributed by atoms with Gasteiger partial charge in [-0.3, -0.25) is 19.5 Å². The first kappa shape index (κ1) is 29.2. The minimum absolute atomic E-state index is 0.0299. The van der Waals surface area contributed by atoms with E-state index in [9.17, 15) is 9.59 Å². The van der Waals surface area contributed by atoms with Crippen molar-refractivity contribution in [2.24, 2.45) is 23.5 Å². The molecule has 4 rings (SSSR count). The van der Waals surface area contributed by atoms with Gasteiger partial charge in [0.25, 0.3) is 5.91 Å². The zero-order valence-electron chi connectivity index (χ0n) is 24.0. The van der Waals surface area contributed by atoms with Crippen LogP contribution in [0.1, 0.15) is 73.9 Å². The first-order chi connectivity index (χ1) is 18.8. The number of aromatic nitrogens is 1. The molecule has 0 bridgehead atoms. The lowest BCUT2D eigenvalue weighted by Gasteiger charge is -2.43. The number of benzene rings is 1. The quantitative estimate of drug-likeness (QED) is 0.472. The van der Waals surface area contributed by atoms with E-state index in [1.165, 1.54) is 11.1 Å². The molecule has 1 unspecified atom stereocenters. The van der Waals surface area contributed by atoms with Crippen LogP contribution in [0.5, 0.6) is 0 Å². The average Bonchev–Trinajstić information content (AvgIpc) is 2.96. The molecule has 2 atom stereocenters. The van der Waals surface area contributed by atoms with Crippen molar-refractivity contribution >= 4 is 11.8 Å². The minimum atomic E-state index is -0.496. The van der Waals surface area contributed by atoms with Crippen molar-refractivity contribution in [2.45, 2.75) is 77.9 Å². The van der Waals surface area contributed by atoms with Gasteiger partial charge in [-0.15, -0.1) is 0 Å². The van der Waals surface area contributed by atoms with Crippen LogP contribution in [0.25, 0.3) is 0 Å². The van der Waals surface area contributed by atoms with Crippen molar-refractivity contribution in [3.63, 3.8) is 0 Å². The molecule has 0 radical (unpaired) electrons. The molecule has 2 amide bonds. The number of nitrogens with one attached hydrogen (secondary N) is 1. The third-order valence-corrected chi connectivity index (χ3v) is 8.53. The van der Waals surface area contributed by atoms with Gasteiger partial charge in [0.1, 0.15) is 6.04 Å². The third kappa shape index (κ3) is 8.12. The number of likely N-dealkylation sites (tertiary alicyclic amines) is 1. The predicted octanol–water partition coefficient (Wildman–Crippen LogP) is 4.40. The molecule has 2 aromatic rings. The van der Waals surface area contributed by atoms with E-state index in [0.29, 0.717) is 42.8 Å². The Morgan fingerprint density at radius 2 is 1.79 bits per heavy atom. The zero-order valence-corrected chi connectivity index (χ0v) is 24.0. The van der Waals surface area contributed by atoms with E-state index >= 15 is 0 Å². The lowest BCUT2D eigenvalue weighted by Crippen LogP contribution is -2.58. The van der Waals surface area contributed by atoms with E-state index in [1.54, 1.807) is 29.4 Å². The number of carbonyl (C=O) groups is 2. The summed E-state index contributed by atoms with van der Waals surface area (Å²) in [4.78, 5) is 35.7. The van der Waals surface area contributed by atoms with E-state index in [0.717, 1.165) is 51.7 Å². The molecule has 1 aromatic heterocycles. The molecule has 2 heterocycles. The largest absolute Gasteiger partial charge is 0.354 e. The number of pyridine rings is 1. The van der Waals surface area contributed by atoms with E-state index in [1.807, 2.05) is 0 Å². The van der Waals surface area contributed by atoms with Crippen molar-refractivity contribution in [1.29, 1.82) is 0 Å². The second-order valence-electron chi connectivity index (χ2n) is 12.1. The minimum Gasteiger partial charge on any atom is -0.354 e.